The molecule has 3 rings (SSSR count). The number of fused-ring (bicyclic) bond motifs is 2. The summed E-state index contributed by atoms with van der Waals surface area (Å²) >= 11 is 0. The highest BCUT2D eigenvalue weighted by Crippen LogP contribution is 2.65. The average Bonchev–Trinajstić information content (AvgIpc) is 3.02. The highest BCUT2D eigenvalue weighted by molar-refractivity contribution is 5.98. The highest BCUT2D eigenvalue weighted by atomic mass is 16.6. The third-order valence-corrected chi connectivity index (χ3v) is 7.17. The number of amides is 1. The maximum atomic E-state index is 13.3. The number of hydrogen-bond donors (Lipinski definition) is 2. The van der Waals surface area contributed by atoms with Crippen LogP contribution in [-0.4, -0.2) is 52.7 Å². The number of hydrogen-bond acceptors (Lipinski definition) is 8. The second kappa shape index (κ2) is 7.60. The third kappa shape index (κ3) is 3.34. The zero-order chi connectivity index (χ0) is 23.2. The van der Waals surface area contributed by atoms with Crippen LogP contribution >= 0.6 is 0 Å². The number of esters is 2. The molecule has 2 N–H and O–H groups in total. The molecule has 31 heavy (non-hydrogen) atoms. The average molecular weight is 434 g/mol. The predicted molar refractivity (Wildman–Crippen MR) is 107 cm³/mol. The largest absolute Gasteiger partial charge is 0.467 e. The van der Waals surface area contributed by atoms with E-state index in [1.165, 1.54) is 24.3 Å². The van der Waals surface area contributed by atoms with Crippen LogP contribution in [0.1, 0.15) is 39.2 Å². The molecular weight excluding hydrogens is 408 g/mol. The van der Waals surface area contributed by atoms with Gasteiger partial charge in [-0.05, 0) is 25.3 Å². The maximum absolute atomic E-state index is 13.3. The molecule has 1 aromatic rings. The summed E-state index contributed by atoms with van der Waals surface area (Å²) in [5.41, 5.74) is -2.66. The Kier molecular flexibility index (Phi) is 5.56. The van der Waals surface area contributed by atoms with Crippen molar-refractivity contribution < 1.29 is 33.9 Å². The van der Waals surface area contributed by atoms with E-state index in [2.05, 4.69) is 5.32 Å². The van der Waals surface area contributed by atoms with E-state index in [1.807, 2.05) is 0 Å². The smallest absolute Gasteiger partial charge is 0.331 e. The molecule has 1 heterocycles. The van der Waals surface area contributed by atoms with E-state index >= 15 is 0 Å². The van der Waals surface area contributed by atoms with Gasteiger partial charge in [0.2, 0.25) is 0 Å². The number of nitrogens with zero attached hydrogens (tertiary/aromatic N) is 1. The molecule has 2 aliphatic rings. The van der Waals surface area contributed by atoms with Crippen molar-refractivity contribution in [2.75, 3.05) is 7.11 Å². The quantitative estimate of drug-likeness (QED) is 0.371. The zero-order valence-corrected chi connectivity index (χ0v) is 17.8. The molecule has 10 heteroatoms. The van der Waals surface area contributed by atoms with Crippen LogP contribution in [0.5, 0.6) is 0 Å². The first-order chi connectivity index (χ1) is 14.4. The zero-order valence-electron chi connectivity index (χ0n) is 17.8. The van der Waals surface area contributed by atoms with Gasteiger partial charge in [0.25, 0.3) is 11.6 Å². The Morgan fingerprint density at radius 2 is 1.87 bits per heavy atom. The van der Waals surface area contributed by atoms with E-state index in [1.54, 1.807) is 20.8 Å². The molecule has 2 fully saturated rings. The van der Waals surface area contributed by atoms with E-state index in [9.17, 15) is 29.6 Å². The highest BCUT2D eigenvalue weighted by Gasteiger charge is 2.75. The van der Waals surface area contributed by atoms with Gasteiger partial charge in [-0.1, -0.05) is 26.0 Å². The molecule has 0 aromatic heterocycles. The van der Waals surface area contributed by atoms with Crippen LogP contribution in [0.2, 0.25) is 0 Å². The van der Waals surface area contributed by atoms with Gasteiger partial charge in [-0.25, -0.2) is 4.79 Å². The number of aliphatic hydroxyl groups excluding tert-OH is 1. The van der Waals surface area contributed by atoms with Gasteiger partial charge in [-0.2, -0.15) is 0 Å². The number of methoxy groups -OCH3 is 1. The molecule has 0 radical (unpaired) electrons. The number of nitrogens with one attached hydrogen (secondary N) is 1. The van der Waals surface area contributed by atoms with Crippen molar-refractivity contribution in [3.63, 3.8) is 0 Å². The van der Waals surface area contributed by atoms with Crippen molar-refractivity contribution >= 4 is 23.5 Å². The van der Waals surface area contributed by atoms with Crippen molar-refractivity contribution in [2.45, 2.75) is 57.8 Å². The van der Waals surface area contributed by atoms with Crippen LogP contribution in [0.4, 0.5) is 5.69 Å². The number of carbonyl (C=O) groups is 3. The van der Waals surface area contributed by atoms with E-state index < -0.39 is 51.3 Å². The molecule has 4 atom stereocenters. The summed E-state index contributed by atoms with van der Waals surface area (Å²) in [6, 6.07) is 4.07. The second-order valence-electron chi connectivity index (χ2n) is 8.84. The molecule has 1 aliphatic heterocycles. The minimum absolute atomic E-state index is 0.0636. The van der Waals surface area contributed by atoms with E-state index in [0.29, 0.717) is 18.4 Å². The maximum Gasteiger partial charge on any atom is 0.331 e. The number of ether oxygens (including phenoxy) is 2. The van der Waals surface area contributed by atoms with Gasteiger partial charge in [0.1, 0.15) is 0 Å². The first-order valence-electron chi connectivity index (χ1n) is 9.93. The lowest BCUT2D eigenvalue weighted by Crippen LogP contribution is -2.59. The Bertz CT molecular complexity index is 928. The fourth-order valence-corrected chi connectivity index (χ4v) is 4.56. The number of nitro benzene ring substituents is 1. The molecule has 1 saturated carbocycles. The van der Waals surface area contributed by atoms with Crippen molar-refractivity contribution in [1.82, 2.24) is 5.32 Å². The fourth-order valence-electron chi connectivity index (χ4n) is 4.56. The van der Waals surface area contributed by atoms with Crippen LogP contribution in [0.25, 0.3) is 0 Å². The van der Waals surface area contributed by atoms with Gasteiger partial charge < -0.3 is 19.9 Å². The summed E-state index contributed by atoms with van der Waals surface area (Å²) in [6.07, 6.45) is -0.658. The first kappa shape index (κ1) is 22.7. The number of carbonyl (C=O) groups excluding carboxylic acids is 3. The molecule has 10 nitrogen and oxygen atoms in total. The van der Waals surface area contributed by atoms with E-state index in [0.717, 1.165) is 7.11 Å². The number of benzene rings is 1. The Balaban J connectivity index is 1.80. The second-order valence-corrected chi connectivity index (χ2v) is 8.84. The molecular formula is C21H26N2O8. The number of aliphatic hydroxyl groups is 1. The Morgan fingerprint density at radius 3 is 2.32 bits per heavy atom. The molecule has 1 aromatic carbocycles. The number of nitro groups is 1. The van der Waals surface area contributed by atoms with Crippen LogP contribution in [-0.2, 0) is 30.3 Å². The van der Waals surface area contributed by atoms with Gasteiger partial charge in [0.15, 0.2) is 11.6 Å². The lowest BCUT2D eigenvalue weighted by molar-refractivity contribution is -0.384. The summed E-state index contributed by atoms with van der Waals surface area (Å²) in [6.45, 7) is 5.33. The molecule has 2 bridgehead atoms. The summed E-state index contributed by atoms with van der Waals surface area (Å²) in [7, 11) is 1.13. The van der Waals surface area contributed by atoms with Crippen LogP contribution < -0.4 is 5.32 Å². The predicted octanol–water partition coefficient (Wildman–Crippen LogP) is 1.28. The van der Waals surface area contributed by atoms with E-state index in [-0.39, 0.29) is 12.1 Å². The van der Waals surface area contributed by atoms with Crippen LogP contribution in [0, 0.1) is 20.9 Å². The van der Waals surface area contributed by atoms with Gasteiger partial charge in [0, 0.05) is 24.0 Å². The summed E-state index contributed by atoms with van der Waals surface area (Å²) in [5.74, 6) is -1.98. The van der Waals surface area contributed by atoms with Gasteiger partial charge in [-0.15, -0.1) is 0 Å². The van der Waals surface area contributed by atoms with Gasteiger partial charge >= 0.3 is 11.9 Å². The van der Waals surface area contributed by atoms with Gasteiger partial charge in [-0.3, -0.25) is 19.7 Å². The van der Waals surface area contributed by atoms with E-state index in [4.69, 9.17) is 9.47 Å². The molecule has 0 unspecified atom stereocenters. The lowest BCUT2D eigenvalue weighted by Gasteiger charge is -2.36. The van der Waals surface area contributed by atoms with Crippen molar-refractivity contribution in [3.05, 3.63) is 39.9 Å². The summed E-state index contributed by atoms with van der Waals surface area (Å²) in [5, 5.41) is 24.0. The van der Waals surface area contributed by atoms with Crippen molar-refractivity contribution in [2.24, 2.45) is 10.8 Å². The first-order valence-corrected chi connectivity index (χ1v) is 9.93. The normalized spacial score (nSPS) is 27.8. The molecule has 168 valence electrons. The van der Waals surface area contributed by atoms with Crippen LogP contribution in [0.15, 0.2) is 24.3 Å². The third-order valence-electron chi connectivity index (χ3n) is 7.17. The van der Waals surface area contributed by atoms with Gasteiger partial charge in [0.05, 0.1) is 23.6 Å². The molecule has 0 spiro atoms. The topological polar surface area (TPSA) is 145 Å². The van der Waals surface area contributed by atoms with Crippen molar-refractivity contribution in [1.29, 1.82) is 0 Å². The Hall–Kier alpha value is -3.01. The molecule has 1 saturated heterocycles. The lowest BCUT2D eigenvalue weighted by atomic mass is 9.66. The molecule has 1 aliphatic carbocycles. The minimum Gasteiger partial charge on any atom is -0.467 e. The van der Waals surface area contributed by atoms with Crippen molar-refractivity contribution in [3.8, 4) is 0 Å². The van der Waals surface area contributed by atoms with Crippen LogP contribution in [0.3, 0.4) is 0 Å². The molecule has 1 amide bonds. The number of non-ortho nitro benzene ring substituents is 1. The summed E-state index contributed by atoms with van der Waals surface area (Å²) < 4.78 is 10.3. The minimum atomic E-state index is -1.45. The fraction of sp³-hybridized carbons (Fsp3) is 0.571. The monoisotopic (exact) mass is 434 g/mol. The Labute approximate surface area is 179 Å². The Morgan fingerprint density at radius 1 is 1.26 bits per heavy atom. The SMILES string of the molecule is COC(=O)[C@H](NC(=O)[C@@]12CC[C@@](C)(C(=O)O1)C2(C)C)[C@@H](O)Cc1ccc([N+](=O)[O-])cc1. The standard InChI is InChI=1S/C21H26N2O8/c1-19(2)20(3)9-10-21(19,31-18(20)27)17(26)22-15(16(25)30-4)14(24)11-12-5-7-13(8-6-12)23(28)29/h5-8,14-15,24H,9-11H2,1-4H3,(H,22,26)/t14-,15+,20-,21+/m0/s1. The summed E-state index contributed by atoms with van der Waals surface area (Å²) in [4.78, 5) is 48.3. The number of rotatable bonds is 7.